The fourth-order valence-electron chi connectivity index (χ4n) is 2.24. The summed E-state index contributed by atoms with van der Waals surface area (Å²) in [6, 6.07) is 18.2. The van der Waals surface area contributed by atoms with E-state index in [1.165, 1.54) is 5.56 Å². The summed E-state index contributed by atoms with van der Waals surface area (Å²) in [5.41, 5.74) is 3.29. The molecule has 0 spiro atoms. The monoisotopic (exact) mass is 237 g/mol. The maximum Gasteiger partial charge on any atom is 0.222 e. The van der Waals surface area contributed by atoms with Crippen molar-refractivity contribution >= 4 is 11.6 Å². The summed E-state index contributed by atoms with van der Waals surface area (Å²) in [5, 5.41) is 0. The summed E-state index contributed by atoms with van der Waals surface area (Å²) in [7, 11) is 0. The van der Waals surface area contributed by atoms with Crippen LogP contribution in [0.25, 0.3) is 0 Å². The van der Waals surface area contributed by atoms with Gasteiger partial charge in [-0.1, -0.05) is 43.3 Å². The fourth-order valence-corrected chi connectivity index (χ4v) is 2.24. The SMILES string of the molecule is CCC1OC(=Nc2ccccc2)c2ccccc21. The van der Waals surface area contributed by atoms with Gasteiger partial charge in [0.05, 0.1) is 5.69 Å². The van der Waals surface area contributed by atoms with Crippen molar-refractivity contribution in [1.29, 1.82) is 0 Å². The number of hydrogen-bond donors (Lipinski definition) is 0. The van der Waals surface area contributed by atoms with Crippen molar-refractivity contribution in [2.45, 2.75) is 19.4 Å². The summed E-state index contributed by atoms with van der Waals surface area (Å²) in [6.07, 6.45) is 1.11. The highest BCUT2D eigenvalue weighted by molar-refractivity contribution is 5.99. The van der Waals surface area contributed by atoms with Crippen LogP contribution in [-0.2, 0) is 4.74 Å². The molecule has 0 amide bonds. The topological polar surface area (TPSA) is 21.6 Å². The van der Waals surface area contributed by atoms with E-state index >= 15 is 0 Å². The Bertz CT molecular complexity index is 575. The van der Waals surface area contributed by atoms with E-state index in [1.54, 1.807) is 0 Å². The van der Waals surface area contributed by atoms with Crippen LogP contribution in [0.5, 0.6) is 0 Å². The molecule has 1 heterocycles. The summed E-state index contributed by atoms with van der Waals surface area (Å²) < 4.78 is 5.93. The number of hydrogen-bond acceptors (Lipinski definition) is 2. The second-order valence-corrected chi connectivity index (χ2v) is 4.35. The minimum Gasteiger partial charge on any atom is -0.469 e. The smallest absolute Gasteiger partial charge is 0.222 e. The van der Waals surface area contributed by atoms with Crippen LogP contribution in [-0.4, -0.2) is 5.90 Å². The quantitative estimate of drug-likeness (QED) is 0.765. The molecule has 0 radical (unpaired) electrons. The van der Waals surface area contributed by atoms with Crippen LogP contribution in [0.3, 0.4) is 0 Å². The van der Waals surface area contributed by atoms with Crippen molar-refractivity contribution in [1.82, 2.24) is 0 Å². The van der Waals surface area contributed by atoms with Gasteiger partial charge in [-0.15, -0.1) is 0 Å². The maximum atomic E-state index is 5.93. The molecule has 1 aliphatic rings. The van der Waals surface area contributed by atoms with Crippen molar-refractivity contribution in [2.24, 2.45) is 4.99 Å². The van der Waals surface area contributed by atoms with Gasteiger partial charge in [0.25, 0.3) is 0 Å². The number of aliphatic imine (C=N–C) groups is 1. The standard InChI is InChI=1S/C16H15NO/c1-2-15-13-10-6-7-11-14(13)16(18-15)17-12-8-4-3-5-9-12/h3-11,15H,2H2,1H3. The van der Waals surface area contributed by atoms with Crippen LogP contribution in [0.4, 0.5) is 5.69 Å². The van der Waals surface area contributed by atoms with Gasteiger partial charge >= 0.3 is 0 Å². The zero-order valence-corrected chi connectivity index (χ0v) is 10.3. The summed E-state index contributed by atoms with van der Waals surface area (Å²) in [4.78, 5) is 4.59. The van der Waals surface area contributed by atoms with Gasteiger partial charge in [0.2, 0.25) is 5.90 Å². The summed E-state index contributed by atoms with van der Waals surface area (Å²) in [6.45, 7) is 2.13. The number of benzene rings is 2. The first-order valence-corrected chi connectivity index (χ1v) is 6.28. The van der Waals surface area contributed by atoms with E-state index in [2.05, 4.69) is 30.1 Å². The lowest BCUT2D eigenvalue weighted by Crippen LogP contribution is -1.98. The zero-order chi connectivity index (χ0) is 12.4. The lowest BCUT2D eigenvalue weighted by Gasteiger charge is -2.07. The Morgan fingerprint density at radius 1 is 1.00 bits per heavy atom. The highest BCUT2D eigenvalue weighted by atomic mass is 16.5. The first kappa shape index (κ1) is 11.0. The molecule has 0 saturated carbocycles. The summed E-state index contributed by atoms with van der Waals surface area (Å²) >= 11 is 0. The minimum atomic E-state index is 0.142. The van der Waals surface area contributed by atoms with Gasteiger partial charge in [-0.25, -0.2) is 4.99 Å². The van der Waals surface area contributed by atoms with Crippen LogP contribution < -0.4 is 0 Å². The molecule has 0 aliphatic carbocycles. The molecule has 1 atom stereocenters. The number of para-hydroxylation sites is 1. The van der Waals surface area contributed by atoms with E-state index in [4.69, 9.17) is 4.74 Å². The lowest BCUT2D eigenvalue weighted by molar-refractivity contribution is 0.205. The Morgan fingerprint density at radius 3 is 2.50 bits per heavy atom. The van der Waals surface area contributed by atoms with E-state index in [1.807, 2.05) is 36.4 Å². The lowest BCUT2D eigenvalue weighted by atomic mass is 10.0. The van der Waals surface area contributed by atoms with Gasteiger partial charge in [0.1, 0.15) is 6.10 Å². The second-order valence-electron chi connectivity index (χ2n) is 4.35. The Morgan fingerprint density at radius 2 is 1.72 bits per heavy atom. The molecule has 90 valence electrons. The molecule has 0 saturated heterocycles. The average Bonchev–Trinajstić information content (AvgIpc) is 2.78. The average molecular weight is 237 g/mol. The molecule has 0 N–H and O–H groups in total. The normalized spacial score (nSPS) is 19.6. The maximum absolute atomic E-state index is 5.93. The molecule has 2 aromatic carbocycles. The van der Waals surface area contributed by atoms with Crippen LogP contribution in [0.2, 0.25) is 0 Å². The van der Waals surface area contributed by atoms with Crippen molar-refractivity contribution in [3.05, 3.63) is 65.7 Å². The van der Waals surface area contributed by atoms with Gasteiger partial charge in [-0.05, 0) is 24.6 Å². The van der Waals surface area contributed by atoms with Gasteiger partial charge in [0, 0.05) is 11.1 Å². The minimum absolute atomic E-state index is 0.142. The Kier molecular flexibility index (Phi) is 2.85. The second kappa shape index (κ2) is 4.65. The van der Waals surface area contributed by atoms with Crippen LogP contribution in [0.15, 0.2) is 59.6 Å². The number of fused-ring (bicyclic) bond motifs is 1. The van der Waals surface area contributed by atoms with E-state index in [-0.39, 0.29) is 6.10 Å². The number of ether oxygens (including phenoxy) is 1. The first-order valence-electron chi connectivity index (χ1n) is 6.28. The predicted molar refractivity (Wildman–Crippen MR) is 73.2 cm³/mol. The third-order valence-corrected chi connectivity index (χ3v) is 3.15. The molecule has 1 unspecified atom stereocenters. The van der Waals surface area contributed by atoms with E-state index in [0.29, 0.717) is 0 Å². The third kappa shape index (κ3) is 1.90. The number of nitrogens with zero attached hydrogens (tertiary/aromatic N) is 1. The van der Waals surface area contributed by atoms with E-state index in [9.17, 15) is 0 Å². The highest BCUT2D eigenvalue weighted by Gasteiger charge is 2.27. The Hall–Kier alpha value is -2.09. The van der Waals surface area contributed by atoms with Crippen LogP contribution >= 0.6 is 0 Å². The van der Waals surface area contributed by atoms with Gasteiger partial charge < -0.3 is 4.74 Å². The predicted octanol–water partition coefficient (Wildman–Crippen LogP) is 4.25. The molecule has 0 fully saturated rings. The van der Waals surface area contributed by atoms with Gasteiger partial charge in [-0.2, -0.15) is 0 Å². The molecule has 3 rings (SSSR count). The molecule has 18 heavy (non-hydrogen) atoms. The van der Waals surface area contributed by atoms with Crippen molar-refractivity contribution in [3.63, 3.8) is 0 Å². The largest absolute Gasteiger partial charge is 0.469 e. The van der Waals surface area contributed by atoms with Crippen molar-refractivity contribution in [3.8, 4) is 0 Å². The van der Waals surface area contributed by atoms with Gasteiger partial charge in [-0.3, -0.25) is 0 Å². The zero-order valence-electron chi connectivity index (χ0n) is 10.3. The van der Waals surface area contributed by atoms with E-state index < -0.39 is 0 Å². The molecule has 2 nitrogen and oxygen atoms in total. The molecule has 2 heteroatoms. The van der Waals surface area contributed by atoms with Crippen LogP contribution in [0.1, 0.15) is 30.6 Å². The third-order valence-electron chi connectivity index (χ3n) is 3.15. The Labute approximate surface area is 107 Å². The number of rotatable bonds is 2. The molecular weight excluding hydrogens is 222 g/mol. The van der Waals surface area contributed by atoms with Crippen LogP contribution in [0, 0.1) is 0 Å². The first-order chi connectivity index (χ1) is 8.88. The Balaban J connectivity index is 2.03. The molecule has 0 bridgehead atoms. The molecule has 1 aliphatic heterocycles. The van der Waals surface area contributed by atoms with E-state index in [0.717, 1.165) is 23.6 Å². The van der Waals surface area contributed by atoms with Gasteiger partial charge in [0.15, 0.2) is 0 Å². The summed E-state index contributed by atoms with van der Waals surface area (Å²) in [5.74, 6) is 0.739. The molecule has 2 aromatic rings. The highest BCUT2D eigenvalue weighted by Crippen LogP contribution is 2.34. The molecule has 0 aromatic heterocycles. The fraction of sp³-hybridized carbons (Fsp3) is 0.188. The molecular formula is C16H15NO. The van der Waals surface area contributed by atoms with Crippen molar-refractivity contribution < 1.29 is 4.74 Å². The van der Waals surface area contributed by atoms with Crippen molar-refractivity contribution in [2.75, 3.05) is 0 Å².